The molecule has 0 aliphatic carbocycles. The van der Waals surface area contributed by atoms with E-state index in [-0.39, 0.29) is 5.91 Å². The van der Waals surface area contributed by atoms with Gasteiger partial charge in [0.1, 0.15) is 0 Å². The largest absolute Gasteiger partial charge is 0.352 e. The van der Waals surface area contributed by atoms with Crippen molar-refractivity contribution >= 4 is 5.91 Å². The summed E-state index contributed by atoms with van der Waals surface area (Å²) in [5, 5.41) is 11.2. The molecule has 0 saturated carbocycles. The van der Waals surface area contributed by atoms with Crippen molar-refractivity contribution in [1.82, 2.24) is 5.32 Å². The SMILES string of the molecule is CCc1ccc(C(=O)NCCCCC#N)cc1. The standard InChI is InChI=1S/C14H18N2O/c1-2-12-6-8-13(9-7-12)14(17)16-11-5-3-4-10-15/h6-9H,2-5,11H2,1H3,(H,16,17). The highest BCUT2D eigenvalue weighted by molar-refractivity contribution is 5.94. The number of rotatable bonds is 6. The minimum Gasteiger partial charge on any atom is -0.352 e. The average molecular weight is 230 g/mol. The maximum absolute atomic E-state index is 11.7. The number of nitrogens with one attached hydrogen (secondary N) is 1. The van der Waals surface area contributed by atoms with E-state index in [0.717, 1.165) is 19.3 Å². The van der Waals surface area contributed by atoms with E-state index >= 15 is 0 Å². The van der Waals surface area contributed by atoms with Crippen LogP contribution >= 0.6 is 0 Å². The van der Waals surface area contributed by atoms with Gasteiger partial charge in [-0.1, -0.05) is 19.1 Å². The molecule has 0 saturated heterocycles. The molecule has 0 aliphatic rings. The second-order valence-electron chi connectivity index (χ2n) is 3.92. The van der Waals surface area contributed by atoms with Crippen molar-refractivity contribution in [1.29, 1.82) is 5.26 Å². The average Bonchev–Trinajstić information content (AvgIpc) is 2.38. The van der Waals surface area contributed by atoms with Gasteiger partial charge in [-0.3, -0.25) is 4.79 Å². The molecule has 0 heterocycles. The summed E-state index contributed by atoms with van der Waals surface area (Å²) in [6, 6.07) is 9.74. The summed E-state index contributed by atoms with van der Waals surface area (Å²) >= 11 is 0. The van der Waals surface area contributed by atoms with E-state index in [2.05, 4.69) is 18.3 Å². The summed E-state index contributed by atoms with van der Waals surface area (Å²) in [5.41, 5.74) is 1.93. The van der Waals surface area contributed by atoms with Crippen molar-refractivity contribution in [2.24, 2.45) is 0 Å². The minimum absolute atomic E-state index is 0.0374. The second kappa shape index (κ2) is 7.45. The quantitative estimate of drug-likeness (QED) is 0.764. The van der Waals surface area contributed by atoms with Gasteiger partial charge >= 0.3 is 0 Å². The lowest BCUT2D eigenvalue weighted by molar-refractivity contribution is 0.0953. The van der Waals surface area contributed by atoms with E-state index in [1.807, 2.05) is 24.3 Å². The molecule has 17 heavy (non-hydrogen) atoms. The molecule has 1 amide bonds. The number of amides is 1. The molecule has 0 fully saturated rings. The van der Waals surface area contributed by atoms with Gasteiger partial charge in [-0.05, 0) is 37.0 Å². The summed E-state index contributed by atoms with van der Waals surface area (Å²) in [5.74, 6) is -0.0374. The highest BCUT2D eigenvalue weighted by atomic mass is 16.1. The molecular formula is C14H18N2O. The summed E-state index contributed by atoms with van der Waals surface area (Å²) in [7, 11) is 0. The molecule has 0 bridgehead atoms. The van der Waals surface area contributed by atoms with E-state index < -0.39 is 0 Å². The molecule has 3 heteroatoms. The molecule has 0 unspecified atom stereocenters. The van der Waals surface area contributed by atoms with Gasteiger partial charge in [0.25, 0.3) is 5.91 Å². The van der Waals surface area contributed by atoms with E-state index in [1.54, 1.807) is 0 Å². The molecule has 0 radical (unpaired) electrons. The zero-order valence-electron chi connectivity index (χ0n) is 10.2. The number of nitriles is 1. The van der Waals surface area contributed by atoms with Crippen LogP contribution in [0.1, 0.15) is 42.1 Å². The van der Waals surface area contributed by atoms with Crippen molar-refractivity contribution in [3.63, 3.8) is 0 Å². The molecule has 1 aromatic carbocycles. The predicted octanol–water partition coefficient (Wildman–Crippen LogP) is 2.67. The van der Waals surface area contributed by atoms with Crippen LogP contribution in [0.2, 0.25) is 0 Å². The van der Waals surface area contributed by atoms with Gasteiger partial charge < -0.3 is 5.32 Å². The number of hydrogen-bond acceptors (Lipinski definition) is 2. The van der Waals surface area contributed by atoms with Gasteiger partial charge in [-0.15, -0.1) is 0 Å². The van der Waals surface area contributed by atoms with Crippen molar-refractivity contribution in [3.8, 4) is 6.07 Å². The molecule has 0 aromatic heterocycles. The molecule has 1 N–H and O–H groups in total. The lowest BCUT2D eigenvalue weighted by Gasteiger charge is -2.05. The van der Waals surface area contributed by atoms with Gasteiger partial charge in [-0.25, -0.2) is 0 Å². The first-order valence-corrected chi connectivity index (χ1v) is 6.02. The number of benzene rings is 1. The Hall–Kier alpha value is -1.82. The van der Waals surface area contributed by atoms with Crippen LogP contribution in [0.3, 0.4) is 0 Å². The first-order valence-electron chi connectivity index (χ1n) is 6.02. The molecular weight excluding hydrogens is 212 g/mol. The Morgan fingerprint density at radius 2 is 2.00 bits per heavy atom. The van der Waals surface area contributed by atoms with Gasteiger partial charge in [-0.2, -0.15) is 5.26 Å². The Morgan fingerprint density at radius 1 is 1.29 bits per heavy atom. The summed E-state index contributed by atoms with van der Waals surface area (Å²) < 4.78 is 0. The Kier molecular flexibility index (Phi) is 5.81. The Balaban J connectivity index is 2.34. The third-order valence-electron chi connectivity index (χ3n) is 2.63. The lowest BCUT2D eigenvalue weighted by Crippen LogP contribution is -2.24. The maximum atomic E-state index is 11.7. The Morgan fingerprint density at radius 3 is 2.59 bits per heavy atom. The number of aryl methyl sites for hydroxylation is 1. The van der Waals surface area contributed by atoms with Crippen LogP contribution in [0.15, 0.2) is 24.3 Å². The van der Waals surface area contributed by atoms with Crippen molar-refractivity contribution in [2.75, 3.05) is 6.54 Å². The molecule has 90 valence electrons. The van der Waals surface area contributed by atoms with E-state index in [4.69, 9.17) is 5.26 Å². The highest BCUT2D eigenvalue weighted by Gasteiger charge is 2.03. The van der Waals surface area contributed by atoms with Crippen LogP contribution < -0.4 is 5.32 Å². The van der Waals surface area contributed by atoms with Gasteiger partial charge in [0.15, 0.2) is 0 Å². The molecule has 1 rings (SSSR count). The number of carbonyl (C=O) groups excluding carboxylic acids is 1. The number of carbonyl (C=O) groups is 1. The predicted molar refractivity (Wildman–Crippen MR) is 67.6 cm³/mol. The maximum Gasteiger partial charge on any atom is 0.251 e. The molecule has 0 spiro atoms. The van der Waals surface area contributed by atoms with Crippen molar-refractivity contribution in [2.45, 2.75) is 32.6 Å². The topological polar surface area (TPSA) is 52.9 Å². The monoisotopic (exact) mass is 230 g/mol. The van der Waals surface area contributed by atoms with E-state index in [9.17, 15) is 4.79 Å². The molecule has 3 nitrogen and oxygen atoms in total. The zero-order valence-corrected chi connectivity index (χ0v) is 10.2. The highest BCUT2D eigenvalue weighted by Crippen LogP contribution is 2.05. The van der Waals surface area contributed by atoms with Crippen molar-refractivity contribution < 1.29 is 4.79 Å². The van der Waals surface area contributed by atoms with Crippen LogP contribution in [0.5, 0.6) is 0 Å². The molecule has 0 aliphatic heterocycles. The summed E-state index contributed by atoms with van der Waals surface area (Å²) in [6.45, 7) is 2.72. The smallest absolute Gasteiger partial charge is 0.251 e. The minimum atomic E-state index is -0.0374. The zero-order chi connectivity index (χ0) is 12.5. The van der Waals surface area contributed by atoms with Crippen molar-refractivity contribution in [3.05, 3.63) is 35.4 Å². The van der Waals surface area contributed by atoms with Crippen LogP contribution in [0.4, 0.5) is 0 Å². The number of hydrogen-bond donors (Lipinski definition) is 1. The van der Waals surface area contributed by atoms with Crippen LogP contribution in [-0.4, -0.2) is 12.5 Å². The number of unbranched alkanes of at least 4 members (excludes halogenated alkanes) is 2. The third-order valence-corrected chi connectivity index (χ3v) is 2.63. The first-order chi connectivity index (χ1) is 8.27. The fourth-order valence-electron chi connectivity index (χ4n) is 1.52. The van der Waals surface area contributed by atoms with Gasteiger partial charge in [0, 0.05) is 18.5 Å². The third kappa shape index (κ3) is 4.69. The Labute approximate surface area is 102 Å². The fraction of sp³-hybridized carbons (Fsp3) is 0.429. The number of nitrogens with zero attached hydrogens (tertiary/aromatic N) is 1. The van der Waals surface area contributed by atoms with Crippen LogP contribution in [-0.2, 0) is 6.42 Å². The normalized spacial score (nSPS) is 9.65. The van der Waals surface area contributed by atoms with Crippen LogP contribution in [0, 0.1) is 11.3 Å². The van der Waals surface area contributed by atoms with E-state index in [1.165, 1.54) is 5.56 Å². The lowest BCUT2D eigenvalue weighted by atomic mass is 10.1. The van der Waals surface area contributed by atoms with E-state index in [0.29, 0.717) is 18.5 Å². The van der Waals surface area contributed by atoms with Gasteiger partial charge in [0.05, 0.1) is 6.07 Å². The molecule has 1 aromatic rings. The summed E-state index contributed by atoms with van der Waals surface area (Å²) in [6.07, 6.45) is 3.23. The second-order valence-corrected chi connectivity index (χ2v) is 3.92. The molecule has 0 atom stereocenters. The Bertz CT molecular complexity index is 390. The summed E-state index contributed by atoms with van der Waals surface area (Å²) in [4.78, 5) is 11.7. The first kappa shape index (κ1) is 13.2. The van der Waals surface area contributed by atoms with Crippen LogP contribution in [0.25, 0.3) is 0 Å². The van der Waals surface area contributed by atoms with Gasteiger partial charge in [0.2, 0.25) is 0 Å². The fourth-order valence-corrected chi connectivity index (χ4v) is 1.52.